The molecule has 0 fully saturated rings. The third-order valence-electron chi connectivity index (χ3n) is 4.40. The van der Waals surface area contributed by atoms with Gasteiger partial charge in [0.25, 0.3) is 5.91 Å². The van der Waals surface area contributed by atoms with Crippen LogP contribution in [-0.2, 0) is 20.7 Å². The summed E-state index contributed by atoms with van der Waals surface area (Å²) in [7, 11) is 0. The van der Waals surface area contributed by atoms with E-state index in [9.17, 15) is 9.59 Å². The number of pyridine rings is 1. The number of anilines is 1. The van der Waals surface area contributed by atoms with Gasteiger partial charge in [-0.3, -0.25) is 14.6 Å². The van der Waals surface area contributed by atoms with Crippen LogP contribution in [0.15, 0.2) is 89.0 Å². The van der Waals surface area contributed by atoms with E-state index in [1.807, 2.05) is 60.7 Å². The van der Waals surface area contributed by atoms with Crippen LogP contribution in [0.4, 0.5) is 5.69 Å². The molecule has 0 radical (unpaired) electrons. The molecule has 6 nitrogen and oxygen atoms in total. The van der Waals surface area contributed by atoms with Crippen LogP contribution >= 0.6 is 11.8 Å². The zero-order chi connectivity index (χ0) is 20.8. The summed E-state index contributed by atoms with van der Waals surface area (Å²) in [6.07, 6.45) is 5.20. The quantitative estimate of drug-likeness (QED) is 0.434. The first-order valence-electron chi connectivity index (χ1n) is 9.36. The summed E-state index contributed by atoms with van der Waals surface area (Å²) in [5, 5.41) is 3.74. The predicted octanol–water partition coefficient (Wildman–Crippen LogP) is 4.44. The fourth-order valence-corrected chi connectivity index (χ4v) is 3.91. The molecule has 30 heavy (non-hydrogen) atoms. The molecule has 0 atom stereocenters. The fraction of sp³-hybridized carbons (Fsp3) is 0.0870. The van der Waals surface area contributed by atoms with Crippen molar-refractivity contribution in [2.24, 2.45) is 0 Å². The molecular weight excluding hydrogens is 398 g/mol. The number of ether oxygens (including phenoxy) is 1. The number of nitrogens with zero attached hydrogens (tertiary/aromatic N) is 1. The molecule has 2 aromatic carbocycles. The molecule has 0 saturated heterocycles. The first-order valence-corrected chi connectivity index (χ1v) is 10.2. The molecular formula is C23H19N3O3S. The van der Waals surface area contributed by atoms with E-state index in [-0.39, 0.29) is 18.9 Å². The normalized spacial score (nSPS) is 10.7. The van der Waals surface area contributed by atoms with E-state index in [2.05, 4.69) is 15.3 Å². The van der Waals surface area contributed by atoms with E-state index in [1.165, 1.54) is 0 Å². The highest BCUT2D eigenvalue weighted by Gasteiger charge is 2.13. The molecule has 150 valence electrons. The lowest BCUT2D eigenvalue weighted by Gasteiger charge is -2.11. The Morgan fingerprint density at radius 3 is 2.70 bits per heavy atom. The Hall–Kier alpha value is -3.58. The topological polar surface area (TPSA) is 84.1 Å². The smallest absolute Gasteiger partial charge is 0.310 e. The van der Waals surface area contributed by atoms with Gasteiger partial charge < -0.3 is 15.0 Å². The number of esters is 1. The molecule has 0 saturated carbocycles. The van der Waals surface area contributed by atoms with Crippen molar-refractivity contribution in [1.29, 1.82) is 0 Å². The summed E-state index contributed by atoms with van der Waals surface area (Å²) < 4.78 is 5.17. The molecule has 0 aliphatic carbocycles. The minimum Gasteiger partial charge on any atom is -0.455 e. The second-order valence-electron chi connectivity index (χ2n) is 6.53. The molecule has 4 aromatic rings. The number of H-pyrrole nitrogens is 1. The standard InChI is InChI=1S/C23H19N3O3S/c27-22(15-29-23(28)12-16-13-25-20-14-24-11-10-18(16)20)26-19-8-4-5-9-21(19)30-17-6-2-1-3-7-17/h1-11,13-14,25H,12,15H2,(H,26,27). The predicted molar refractivity (Wildman–Crippen MR) is 116 cm³/mol. The van der Waals surface area contributed by atoms with Crippen LogP contribution in [0, 0.1) is 0 Å². The van der Waals surface area contributed by atoms with E-state index in [0.29, 0.717) is 5.69 Å². The van der Waals surface area contributed by atoms with Gasteiger partial charge in [0.15, 0.2) is 6.61 Å². The van der Waals surface area contributed by atoms with Gasteiger partial charge in [-0.15, -0.1) is 0 Å². The van der Waals surface area contributed by atoms with Crippen molar-refractivity contribution in [2.45, 2.75) is 16.2 Å². The van der Waals surface area contributed by atoms with Gasteiger partial charge in [-0.05, 0) is 35.9 Å². The highest BCUT2D eigenvalue weighted by molar-refractivity contribution is 7.99. The number of para-hydroxylation sites is 1. The number of carbonyl (C=O) groups excluding carboxylic acids is 2. The number of hydrogen-bond acceptors (Lipinski definition) is 5. The minimum absolute atomic E-state index is 0.0811. The number of carbonyl (C=O) groups is 2. The number of nitrogens with one attached hydrogen (secondary N) is 2. The number of amides is 1. The Kier molecular flexibility index (Phi) is 6.10. The van der Waals surface area contributed by atoms with Crippen LogP contribution in [-0.4, -0.2) is 28.5 Å². The van der Waals surface area contributed by atoms with Gasteiger partial charge in [0, 0.05) is 27.6 Å². The first-order chi connectivity index (χ1) is 14.7. The van der Waals surface area contributed by atoms with Gasteiger partial charge in [0.05, 0.1) is 23.8 Å². The van der Waals surface area contributed by atoms with E-state index in [0.717, 1.165) is 26.3 Å². The van der Waals surface area contributed by atoms with Crippen molar-refractivity contribution in [3.05, 3.63) is 84.8 Å². The summed E-state index contributed by atoms with van der Waals surface area (Å²) in [6.45, 7) is -0.340. The summed E-state index contributed by atoms with van der Waals surface area (Å²) in [5.74, 6) is -0.845. The zero-order valence-electron chi connectivity index (χ0n) is 16.0. The van der Waals surface area contributed by atoms with Crippen molar-refractivity contribution >= 4 is 40.2 Å². The van der Waals surface area contributed by atoms with E-state index in [4.69, 9.17) is 4.74 Å². The van der Waals surface area contributed by atoms with Crippen molar-refractivity contribution < 1.29 is 14.3 Å². The molecule has 0 aliphatic heterocycles. The van der Waals surface area contributed by atoms with Crippen molar-refractivity contribution in [3.63, 3.8) is 0 Å². The summed E-state index contributed by atoms with van der Waals surface area (Å²) in [5.41, 5.74) is 2.34. The molecule has 4 rings (SSSR count). The molecule has 0 unspecified atom stereocenters. The van der Waals surface area contributed by atoms with Crippen LogP contribution in [0.2, 0.25) is 0 Å². The lowest BCUT2D eigenvalue weighted by Crippen LogP contribution is -2.21. The fourth-order valence-electron chi connectivity index (χ4n) is 2.99. The Morgan fingerprint density at radius 2 is 1.83 bits per heavy atom. The maximum absolute atomic E-state index is 12.3. The summed E-state index contributed by atoms with van der Waals surface area (Å²) >= 11 is 1.55. The molecule has 0 aliphatic rings. The Bertz CT molecular complexity index is 1170. The number of fused-ring (bicyclic) bond motifs is 1. The molecule has 2 aromatic heterocycles. The number of aromatic nitrogens is 2. The van der Waals surface area contributed by atoms with Gasteiger partial charge in [-0.25, -0.2) is 0 Å². The Balaban J connectivity index is 1.33. The number of hydrogen-bond donors (Lipinski definition) is 2. The second kappa shape index (κ2) is 9.28. The lowest BCUT2D eigenvalue weighted by molar-refractivity contribution is -0.146. The maximum atomic E-state index is 12.3. The number of aromatic amines is 1. The van der Waals surface area contributed by atoms with Gasteiger partial charge in [-0.1, -0.05) is 42.1 Å². The highest BCUT2D eigenvalue weighted by atomic mass is 32.2. The maximum Gasteiger partial charge on any atom is 0.310 e. The van der Waals surface area contributed by atoms with Gasteiger partial charge >= 0.3 is 5.97 Å². The first kappa shape index (κ1) is 19.7. The SMILES string of the molecule is O=C(COC(=O)Cc1c[nH]c2cnccc12)Nc1ccccc1Sc1ccccc1. The van der Waals surface area contributed by atoms with Gasteiger partial charge in [0.2, 0.25) is 0 Å². The molecule has 7 heteroatoms. The van der Waals surface area contributed by atoms with Gasteiger partial charge in [-0.2, -0.15) is 0 Å². The zero-order valence-corrected chi connectivity index (χ0v) is 16.8. The summed E-state index contributed by atoms with van der Waals surface area (Å²) in [4.78, 5) is 33.6. The van der Waals surface area contributed by atoms with Crippen LogP contribution in [0.3, 0.4) is 0 Å². The van der Waals surface area contributed by atoms with Gasteiger partial charge in [0.1, 0.15) is 0 Å². The monoisotopic (exact) mass is 417 g/mol. The molecule has 0 bridgehead atoms. The van der Waals surface area contributed by atoms with E-state index >= 15 is 0 Å². The van der Waals surface area contributed by atoms with Crippen LogP contribution in [0.1, 0.15) is 5.56 Å². The van der Waals surface area contributed by atoms with Crippen LogP contribution in [0.5, 0.6) is 0 Å². The third-order valence-corrected chi connectivity index (χ3v) is 5.48. The lowest BCUT2D eigenvalue weighted by atomic mass is 10.1. The highest BCUT2D eigenvalue weighted by Crippen LogP contribution is 2.33. The van der Waals surface area contributed by atoms with E-state index in [1.54, 1.807) is 30.4 Å². The second-order valence-corrected chi connectivity index (χ2v) is 7.65. The molecule has 2 N–H and O–H groups in total. The Labute approximate surface area is 177 Å². The average molecular weight is 417 g/mol. The van der Waals surface area contributed by atoms with E-state index < -0.39 is 5.97 Å². The Morgan fingerprint density at radius 1 is 1.03 bits per heavy atom. The number of rotatable bonds is 7. The third kappa shape index (κ3) is 4.87. The average Bonchev–Trinajstić information content (AvgIpc) is 3.17. The van der Waals surface area contributed by atoms with Crippen molar-refractivity contribution in [3.8, 4) is 0 Å². The minimum atomic E-state index is -0.463. The number of benzene rings is 2. The summed E-state index contributed by atoms with van der Waals surface area (Å²) in [6, 6.07) is 19.3. The van der Waals surface area contributed by atoms with Crippen LogP contribution in [0.25, 0.3) is 10.9 Å². The molecule has 2 heterocycles. The largest absolute Gasteiger partial charge is 0.455 e. The van der Waals surface area contributed by atoms with Crippen molar-refractivity contribution in [1.82, 2.24) is 9.97 Å². The van der Waals surface area contributed by atoms with Crippen molar-refractivity contribution in [2.75, 3.05) is 11.9 Å². The van der Waals surface area contributed by atoms with Crippen LogP contribution < -0.4 is 5.32 Å². The molecule has 1 amide bonds. The molecule has 0 spiro atoms.